The van der Waals surface area contributed by atoms with Gasteiger partial charge in [-0.15, -0.1) is 0 Å². The number of hydrazine groups is 1. The number of hydrogen-bond acceptors (Lipinski definition) is 4. The monoisotopic (exact) mass is 391 g/mol. The molecule has 1 aliphatic rings. The molecule has 0 saturated carbocycles. The molecule has 0 radical (unpaired) electrons. The van der Waals surface area contributed by atoms with Gasteiger partial charge in [0, 0.05) is 25.5 Å². The Balaban J connectivity index is 1.84. The van der Waals surface area contributed by atoms with Gasteiger partial charge in [0.2, 0.25) is 0 Å². The number of aliphatic imine (C=N–C) groups is 2. The summed E-state index contributed by atoms with van der Waals surface area (Å²) in [6.07, 6.45) is 6.20. The number of aryl methyl sites for hydroxylation is 1. The Kier molecular flexibility index (Phi) is 6.44. The van der Waals surface area contributed by atoms with Crippen LogP contribution < -0.4 is 10.3 Å². The van der Waals surface area contributed by atoms with Gasteiger partial charge in [-0.25, -0.2) is 14.4 Å². The van der Waals surface area contributed by atoms with E-state index >= 15 is 0 Å². The smallest absolute Gasteiger partial charge is 0.179 e. The Bertz CT molecular complexity index is 977. The highest BCUT2D eigenvalue weighted by molar-refractivity contribution is 6.04. The predicted molar refractivity (Wildman–Crippen MR) is 119 cm³/mol. The van der Waals surface area contributed by atoms with Crippen molar-refractivity contribution in [1.82, 2.24) is 10.4 Å². The molecular formula is C23H26FN5. The SMILES string of the molecule is C=CN1NC=NC(=Nc2ccc(N(C)Cc3cccc(F)c3)c(C)c2)/C1=C\CC. The molecule has 3 rings (SSSR count). The maximum Gasteiger partial charge on any atom is 0.179 e. The highest BCUT2D eigenvalue weighted by atomic mass is 19.1. The lowest BCUT2D eigenvalue weighted by Crippen LogP contribution is -2.38. The van der Waals surface area contributed by atoms with Gasteiger partial charge in [0.25, 0.3) is 0 Å². The standard InChI is InChI=1S/C23H26FN5/c1-5-8-22-23(25-16-26-29(22)6-2)27-20-11-12-21(17(3)13-20)28(4)15-18-9-7-10-19(24)14-18/h6-14,16H,2,5,15H2,1,3-4H3,(H,25,26,27)/b22-8+. The van der Waals surface area contributed by atoms with Gasteiger partial charge in [-0.1, -0.05) is 31.7 Å². The van der Waals surface area contributed by atoms with Crippen molar-refractivity contribution >= 4 is 23.5 Å². The van der Waals surface area contributed by atoms with Crippen molar-refractivity contribution in [2.75, 3.05) is 11.9 Å². The molecule has 2 aromatic carbocycles. The van der Waals surface area contributed by atoms with Gasteiger partial charge in [0.1, 0.15) is 17.9 Å². The number of halogens is 1. The van der Waals surface area contributed by atoms with Gasteiger partial charge in [0.15, 0.2) is 5.84 Å². The number of amidine groups is 1. The van der Waals surface area contributed by atoms with Crippen molar-refractivity contribution < 1.29 is 4.39 Å². The summed E-state index contributed by atoms with van der Waals surface area (Å²) < 4.78 is 13.5. The van der Waals surface area contributed by atoms with Crippen LogP contribution in [0.25, 0.3) is 0 Å². The Morgan fingerprint density at radius 2 is 2.10 bits per heavy atom. The highest BCUT2D eigenvalue weighted by Crippen LogP contribution is 2.27. The second-order valence-corrected chi connectivity index (χ2v) is 6.83. The summed E-state index contributed by atoms with van der Waals surface area (Å²) >= 11 is 0. The van der Waals surface area contributed by atoms with E-state index in [1.54, 1.807) is 29.7 Å². The minimum atomic E-state index is -0.217. The fraction of sp³-hybridized carbons (Fsp3) is 0.217. The Morgan fingerprint density at radius 1 is 1.28 bits per heavy atom. The van der Waals surface area contributed by atoms with E-state index in [1.165, 1.54) is 6.07 Å². The molecule has 1 N–H and O–H groups in total. The Labute approximate surface area is 171 Å². The van der Waals surface area contributed by atoms with Crippen LogP contribution in [0.4, 0.5) is 15.8 Å². The van der Waals surface area contributed by atoms with E-state index < -0.39 is 0 Å². The van der Waals surface area contributed by atoms with Crippen molar-refractivity contribution in [2.45, 2.75) is 26.8 Å². The lowest BCUT2D eigenvalue weighted by Gasteiger charge is -2.26. The molecule has 6 heteroatoms. The third-order valence-corrected chi connectivity index (χ3v) is 4.59. The molecule has 0 aromatic heterocycles. The van der Waals surface area contributed by atoms with Gasteiger partial charge < -0.3 is 4.90 Å². The number of allylic oxidation sites excluding steroid dienone is 1. The number of anilines is 1. The molecule has 0 bridgehead atoms. The molecule has 0 atom stereocenters. The molecule has 29 heavy (non-hydrogen) atoms. The van der Waals surface area contributed by atoms with Crippen molar-refractivity contribution in [3.63, 3.8) is 0 Å². The van der Waals surface area contributed by atoms with Crippen molar-refractivity contribution in [3.8, 4) is 0 Å². The van der Waals surface area contributed by atoms with Crippen molar-refractivity contribution in [3.05, 3.63) is 84.0 Å². The topological polar surface area (TPSA) is 43.2 Å². The number of rotatable bonds is 6. The zero-order chi connectivity index (χ0) is 20.8. The van der Waals surface area contributed by atoms with Crippen LogP contribution >= 0.6 is 0 Å². The molecule has 0 unspecified atom stereocenters. The van der Waals surface area contributed by atoms with Crippen LogP contribution in [-0.4, -0.2) is 24.2 Å². The summed E-state index contributed by atoms with van der Waals surface area (Å²) in [5.74, 6) is 0.414. The highest BCUT2D eigenvalue weighted by Gasteiger charge is 2.16. The van der Waals surface area contributed by atoms with E-state index in [2.05, 4.69) is 34.9 Å². The second kappa shape index (κ2) is 9.19. The van der Waals surface area contributed by atoms with Gasteiger partial charge in [-0.05, 0) is 54.8 Å². The Hall–Kier alpha value is -3.41. The average Bonchev–Trinajstić information content (AvgIpc) is 2.69. The molecule has 1 aliphatic heterocycles. The Morgan fingerprint density at radius 3 is 2.79 bits per heavy atom. The van der Waals surface area contributed by atoms with Crippen LogP contribution in [0.15, 0.2) is 77.0 Å². The first kappa shape index (κ1) is 20.3. The first-order valence-corrected chi connectivity index (χ1v) is 9.57. The molecule has 0 saturated heterocycles. The van der Waals surface area contributed by atoms with E-state index in [0.717, 1.165) is 34.6 Å². The van der Waals surface area contributed by atoms with Gasteiger partial charge in [-0.3, -0.25) is 10.4 Å². The number of hydrogen-bond donors (Lipinski definition) is 1. The molecule has 150 valence electrons. The summed E-state index contributed by atoms with van der Waals surface area (Å²) in [5, 5.41) is 1.79. The third-order valence-electron chi connectivity index (χ3n) is 4.59. The molecule has 2 aromatic rings. The number of nitrogens with zero attached hydrogens (tertiary/aromatic N) is 4. The molecule has 0 spiro atoms. The van der Waals surface area contributed by atoms with E-state index in [9.17, 15) is 4.39 Å². The van der Waals surface area contributed by atoms with Crippen molar-refractivity contribution in [2.24, 2.45) is 9.98 Å². The molecule has 0 fully saturated rings. The molecule has 0 aliphatic carbocycles. The normalized spacial score (nSPS) is 16.2. The van der Waals surface area contributed by atoms with Crippen LogP contribution in [0.3, 0.4) is 0 Å². The second-order valence-electron chi connectivity index (χ2n) is 6.83. The largest absolute Gasteiger partial charge is 0.370 e. The van der Waals surface area contributed by atoms with Crippen LogP contribution in [0.1, 0.15) is 24.5 Å². The molecule has 0 amide bonds. The first-order valence-electron chi connectivity index (χ1n) is 9.57. The lowest BCUT2D eigenvalue weighted by molar-refractivity contribution is 0.437. The fourth-order valence-electron chi connectivity index (χ4n) is 3.27. The summed E-state index contributed by atoms with van der Waals surface area (Å²) in [7, 11) is 2.00. The zero-order valence-electron chi connectivity index (χ0n) is 17.1. The average molecular weight is 391 g/mol. The molecule has 1 heterocycles. The fourth-order valence-corrected chi connectivity index (χ4v) is 3.27. The van der Waals surface area contributed by atoms with Crippen LogP contribution in [-0.2, 0) is 6.54 Å². The summed E-state index contributed by atoms with van der Waals surface area (Å²) in [4.78, 5) is 11.2. The zero-order valence-corrected chi connectivity index (χ0v) is 17.1. The molecular weight excluding hydrogens is 365 g/mol. The quantitative estimate of drug-likeness (QED) is 0.746. The van der Waals surface area contributed by atoms with Crippen LogP contribution in [0.5, 0.6) is 0 Å². The molecule has 5 nitrogen and oxygen atoms in total. The summed E-state index contributed by atoms with van der Waals surface area (Å²) in [6.45, 7) is 8.56. The third kappa shape index (κ3) is 4.90. The summed E-state index contributed by atoms with van der Waals surface area (Å²) in [6, 6.07) is 12.7. The van der Waals surface area contributed by atoms with E-state index in [1.807, 2.05) is 38.2 Å². The minimum absolute atomic E-state index is 0.217. The number of benzene rings is 2. The predicted octanol–water partition coefficient (Wildman–Crippen LogP) is 5.09. The van der Waals surface area contributed by atoms with Gasteiger partial charge in [0.05, 0.1) is 5.69 Å². The van der Waals surface area contributed by atoms with E-state index in [-0.39, 0.29) is 5.82 Å². The van der Waals surface area contributed by atoms with E-state index in [4.69, 9.17) is 4.99 Å². The van der Waals surface area contributed by atoms with Gasteiger partial charge in [-0.2, -0.15) is 0 Å². The van der Waals surface area contributed by atoms with Crippen LogP contribution in [0, 0.1) is 12.7 Å². The maximum atomic E-state index is 13.5. The first-order chi connectivity index (χ1) is 14.0. The van der Waals surface area contributed by atoms with Crippen LogP contribution in [0.2, 0.25) is 0 Å². The maximum absolute atomic E-state index is 13.5. The minimum Gasteiger partial charge on any atom is -0.370 e. The number of nitrogens with one attached hydrogen (secondary N) is 1. The lowest BCUT2D eigenvalue weighted by atomic mass is 10.1. The van der Waals surface area contributed by atoms with E-state index in [0.29, 0.717) is 12.4 Å². The summed E-state index contributed by atoms with van der Waals surface area (Å²) in [5.41, 5.74) is 7.81. The van der Waals surface area contributed by atoms with Gasteiger partial charge >= 0.3 is 0 Å². The van der Waals surface area contributed by atoms with Crippen molar-refractivity contribution in [1.29, 1.82) is 0 Å².